The van der Waals surface area contributed by atoms with Crippen molar-refractivity contribution in [1.29, 1.82) is 0 Å². The van der Waals surface area contributed by atoms with Gasteiger partial charge in [-0.25, -0.2) is 0 Å². The van der Waals surface area contributed by atoms with Crippen LogP contribution in [0.4, 0.5) is 0 Å². The highest BCUT2D eigenvalue weighted by Gasteiger charge is 2.46. The quantitative estimate of drug-likeness (QED) is 0.717. The number of nitrogens with two attached hydrogens (primary N) is 1. The molecule has 0 heterocycles. The standard InChI is InChI=1S/C13H17N/c14-13(7-8-13)12-6-5-10-3-1-2-4-11(10)9-12/h1-4,12H,5-9,14H2. The molecule has 0 spiro atoms. The molecule has 0 aliphatic heterocycles. The molecule has 0 saturated heterocycles. The maximum atomic E-state index is 6.28. The number of fused-ring (bicyclic) bond motifs is 1. The summed E-state index contributed by atoms with van der Waals surface area (Å²) in [5, 5.41) is 0. The van der Waals surface area contributed by atoms with E-state index in [0.717, 1.165) is 5.92 Å². The third kappa shape index (κ3) is 1.27. The van der Waals surface area contributed by atoms with Crippen molar-refractivity contribution in [3.05, 3.63) is 35.4 Å². The van der Waals surface area contributed by atoms with Crippen molar-refractivity contribution in [1.82, 2.24) is 0 Å². The van der Waals surface area contributed by atoms with Crippen molar-refractivity contribution in [2.24, 2.45) is 11.7 Å². The average Bonchev–Trinajstić information content (AvgIpc) is 2.97. The molecule has 1 fully saturated rings. The molecule has 0 amide bonds. The van der Waals surface area contributed by atoms with E-state index >= 15 is 0 Å². The predicted molar refractivity (Wildman–Crippen MR) is 58.1 cm³/mol. The maximum Gasteiger partial charge on any atom is 0.0187 e. The molecule has 1 aromatic rings. The van der Waals surface area contributed by atoms with Gasteiger partial charge in [-0.3, -0.25) is 0 Å². The van der Waals surface area contributed by atoms with Crippen LogP contribution in [0.1, 0.15) is 30.4 Å². The summed E-state index contributed by atoms with van der Waals surface area (Å²) in [6.45, 7) is 0. The Labute approximate surface area is 85.3 Å². The van der Waals surface area contributed by atoms with Gasteiger partial charge in [-0.2, -0.15) is 0 Å². The molecule has 74 valence electrons. The Balaban J connectivity index is 1.86. The number of aryl methyl sites for hydroxylation is 1. The van der Waals surface area contributed by atoms with Crippen LogP contribution in [0.3, 0.4) is 0 Å². The van der Waals surface area contributed by atoms with Crippen LogP contribution >= 0.6 is 0 Å². The smallest absolute Gasteiger partial charge is 0.0187 e. The Kier molecular flexibility index (Phi) is 1.72. The number of benzene rings is 1. The van der Waals surface area contributed by atoms with E-state index < -0.39 is 0 Å². The lowest BCUT2D eigenvalue weighted by Gasteiger charge is -2.29. The maximum absolute atomic E-state index is 6.28. The fraction of sp³-hybridized carbons (Fsp3) is 0.538. The normalized spacial score (nSPS) is 28.2. The van der Waals surface area contributed by atoms with Gasteiger partial charge in [0.1, 0.15) is 0 Å². The molecular formula is C13H17N. The fourth-order valence-electron chi connectivity index (χ4n) is 2.74. The van der Waals surface area contributed by atoms with Crippen LogP contribution in [0.5, 0.6) is 0 Å². The second kappa shape index (κ2) is 2.83. The molecule has 14 heavy (non-hydrogen) atoms. The Hall–Kier alpha value is -0.820. The first-order valence-corrected chi connectivity index (χ1v) is 5.64. The molecule has 1 nitrogen and oxygen atoms in total. The minimum Gasteiger partial charge on any atom is -0.325 e. The topological polar surface area (TPSA) is 26.0 Å². The van der Waals surface area contributed by atoms with E-state index in [-0.39, 0.29) is 5.54 Å². The first-order valence-electron chi connectivity index (χ1n) is 5.64. The summed E-state index contributed by atoms with van der Waals surface area (Å²) in [5.41, 5.74) is 9.59. The van der Waals surface area contributed by atoms with Crippen molar-refractivity contribution in [2.75, 3.05) is 0 Å². The van der Waals surface area contributed by atoms with E-state index in [0.29, 0.717) is 0 Å². The summed E-state index contributed by atoms with van der Waals surface area (Å²) in [4.78, 5) is 0. The number of hydrogen-bond donors (Lipinski definition) is 1. The van der Waals surface area contributed by atoms with Crippen molar-refractivity contribution in [3.63, 3.8) is 0 Å². The van der Waals surface area contributed by atoms with Crippen molar-refractivity contribution in [2.45, 2.75) is 37.6 Å². The zero-order chi connectivity index (χ0) is 9.60. The molecule has 0 radical (unpaired) electrons. The second-order valence-corrected chi connectivity index (χ2v) is 4.94. The SMILES string of the molecule is NC1(C2CCc3ccccc3C2)CC1. The van der Waals surface area contributed by atoms with Crippen LogP contribution in [0, 0.1) is 5.92 Å². The van der Waals surface area contributed by atoms with Gasteiger partial charge in [0.2, 0.25) is 0 Å². The highest BCUT2D eigenvalue weighted by atomic mass is 14.8. The molecule has 1 unspecified atom stereocenters. The van der Waals surface area contributed by atoms with E-state index in [4.69, 9.17) is 5.73 Å². The minimum atomic E-state index is 0.216. The van der Waals surface area contributed by atoms with Gasteiger partial charge < -0.3 is 5.73 Å². The average molecular weight is 187 g/mol. The zero-order valence-electron chi connectivity index (χ0n) is 8.50. The monoisotopic (exact) mass is 187 g/mol. The van der Waals surface area contributed by atoms with Crippen molar-refractivity contribution < 1.29 is 0 Å². The van der Waals surface area contributed by atoms with Gasteiger partial charge in [0.05, 0.1) is 0 Å². The van der Waals surface area contributed by atoms with E-state index in [2.05, 4.69) is 24.3 Å². The molecular weight excluding hydrogens is 170 g/mol. The number of hydrogen-bond acceptors (Lipinski definition) is 1. The molecule has 2 N–H and O–H groups in total. The lowest BCUT2D eigenvalue weighted by molar-refractivity contribution is 0.359. The van der Waals surface area contributed by atoms with E-state index in [1.54, 1.807) is 11.1 Å². The summed E-state index contributed by atoms with van der Waals surface area (Å²) in [7, 11) is 0. The molecule has 1 atom stereocenters. The van der Waals surface area contributed by atoms with Crippen molar-refractivity contribution >= 4 is 0 Å². The van der Waals surface area contributed by atoms with Crippen LogP contribution < -0.4 is 5.73 Å². The third-order valence-corrected chi connectivity index (χ3v) is 3.99. The van der Waals surface area contributed by atoms with Gasteiger partial charge in [-0.15, -0.1) is 0 Å². The Morgan fingerprint density at radius 2 is 1.86 bits per heavy atom. The molecule has 1 heteroatoms. The highest BCUT2D eigenvalue weighted by molar-refractivity contribution is 5.31. The fourth-order valence-corrected chi connectivity index (χ4v) is 2.74. The van der Waals surface area contributed by atoms with E-state index in [1.165, 1.54) is 32.1 Å². The Morgan fingerprint density at radius 3 is 2.57 bits per heavy atom. The van der Waals surface area contributed by atoms with Gasteiger partial charge in [-0.1, -0.05) is 24.3 Å². The van der Waals surface area contributed by atoms with Crippen LogP contribution in [0.25, 0.3) is 0 Å². The lowest BCUT2D eigenvalue weighted by Crippen LogP contribution is -2.36. The zero-order valence-corrected chi connectivity index (χ0v) is 8.50. The first kappa shape index (κ1) is 8.49. The Morgan fingerprint density at radius 1 is 1.14 bits per heavy atom. The third-order valence-electron chi connectivity index (χ3n) is 3.99. The molecule has 2 aliphatic carbocycles. The molecule has 0 bridgehead atoms. The van der Waals surface area contributed by atoms with Crippen molar-refractivity contribution in [3.8, 4) is 0 Å². The summed E-state index contributed by atoms with van der Waals surface area (Å²) >= 11 is 0. The predicted octanol–water partition coefficient (Wildman–Crippen LogP) is 2.28. The molecule has 1 aromatic carbocycles. The molecule has 0 aromatic heterocycles. The van der Waals surface area contributed by atoms with E-state index in [1.807, 2.05) is 0 Å². The number of rotatable bonds is 1. The van der Waals surface area contributed by atoms with E-state index in [9.17, 15) is 0 Å². The molecule has 3 rings (SSSR count). The molecule has 1 saturated carbocycles. The van der Waals surface area contributed by atoms with Gasteiger partial charge in [-0.05, 0) is 49.1 Å². The van der Waals surface area contributed by atoms with Gasteiger partial charge in [0, 0.05) is 5.54 Å². The summed E-state index contributed by atoms with van der Waals surface area (Å²) in [6, 6.07) is 8.83. The summed E-state index contributed by atoms with van der Waals surface area (Å²) < 4.78 is 0. The van der Waals surface area contributed by atoms with Crippen LogP contribution in [-0.4, -0.2) is 5.54 Å². The lowest BCUT2D eigenvalue weighted by atomic mass is 9.79. The van der Waals surface area contributed by atoms with Gasteiger partial charge >= 0.3 is 0 Å². The summed E-state index contributed by atoms with van der Waals surface area (Å²) in [6.07, 6.45) is 6.25. The van der Waals surface area contributed by atoms with Crippen LogP contribution in [0.2, 0.25) is 0 Å². The summed E-state index contributed by atoms with van der Waals surface area (Å²) in [5.74, 6) is 0.748. The Bertz CT molecular complexity index is 352. The largest absolute Gasteiger partial charge is 0.325 e. The minimum absolute atomic E-state index is 0.216. The van der Waals surface area contributed by atoms with Gasteiger partial charge in [0.15, 0.2) is 0 Å². The van der Waals surface area contributed by atoms with Crippen LogP contribution in [-0.2, 0) is 12.8 Å². The highest BCUT2D eigenvalue weighted by Crippen LogP contribution is 2.45. The second-order valence-electron chi connectivity index (χ2n) is 4.94. The molecule has 2 aliphatic rings. The van der Waals surface area contributed by atoms with Crippen LogP contribution in [0.15, 0.2) is 24.3 Å². The van der Waals surface area contributed by atoms with Gasteiger partial charge in [0.25, 0.3) is 0 Å². The first-order chi connectivity index (χ1) is 6.78.